The second kappa shape index (κ2) is 9.86. The lowest BCUT2D eigenvalue weighted by Crippen LogP contribution is -2.59. The Balaban J connectivity index is 1.18. The van der Waals surface area contributed by atoms with E-state index >= 15 is 0 Å². The summed E-state index contributed by atoms with van der Waals surface area (Å²) < 4.78 is 11.9. The van der Waals surface area contributed by atoms with Crippen LogP contribution in [0, 0.1) is 0 Å². The first-order chi connectivity index (χ1) is 18.1. The van der Waals surface area contributed by atoms with Gasteiger partial charge in [-0.15, -0.1) is 0 Å². The maximum absolute atomic E-state index is 13.5. The molecule has 6 rings (SSSR count). The molecule has 0 saturated carbocycles. The van der Waals surface area contributed by atoms with E-state index in [0.29, 0.717) is 26.1 Å². The third-order valence-electron chi connectivity index (χ3n) is 8.40. The summed E-state index contributed by atoms with van der Waals surface area (Å²) in [6.07, 6.45) is 4.56. The van der Waals surface area contributed by atoms with Gasteiger partial charge >= 0.3 is 6.09 Å². The molecule has 2 unspecified atom stereocenters. The summed E-state index contributed by atoms with van der Waals surface area (Å²) in [5.74, 6) is 0.834. The Morgan fingerprint density at radius 1 is 0.946 bits per heavy atom. The van der Waals surface area contributed by atoms with Gasteiger partial charge in [0.05, 0.1) is 12.2 Å². The van der Waals surface area contributed by atoms with Crippen LogP contribution in [0.4, 0.5) is 4.79 Å². The molecule has 3 aromatic rings. The third kappa shape index (κ3) is 4.40. The fraction of sp³-hybridized carbons (Fsp3) is 0.406. The predicted molar refractivity (Wildman–Crippen MR) is 144 cm³/mol. The van der Waals surface area contributed by atoms with Gasteiger partial charge in [-0.05, 0) is 65.6 Å². The second-order valence-electron chi connectivity index (χ2n) is 10.8. The molecular weight excluding hydrogens is 462 g/mol. The van der Waals surface area contributed by atoms with Crippen LogP contribution in [0.5, 0.6) is 5.75 Å². The van der Waals surface area contributed by atoms with E-state index in [-0.39, 0.29) is 24.1 Å². The molecule has 37 heavy (non-hydrogen) atoms. The Morgan fingerprint density at radius 2 is 1.59 bits per heavy atom. The van der Waals surface area contributed by atoms with E-state index in [1.807, 2.05) is 29.2 Å². The van der Waals surface area contributed by atoms with Crippen molar-refractivity contribution in [2.75, 3.05) is 13.2 Å². The number of hydrogen-bond acceptors (Lipinski definition) is 4. The molecule has 2 fully saturated rings. The number of ether oxygens (including phenoxy) is 2. The van der Waals surface area contributed by atoms with Crippen LogP contribution in [0.3, 0.4) is 0 Å². The summed E-state index contributed by atoms with van der Waals surface area (Å²) in [6.45, 7) is 3.06. The van der Waals surface area contributed by atoms with E-state index in [9.17, 15) is 9.90 Å². The lowest BCUT2D eigenvalue weighted by molar-refractivity contribution is -0.0891. The molecule has 2 saturated heterocycles. The van der Waals surface area contributed by atoms with Gasteiger partial charge in [-0.1, -0.05) is 67.6 Å². The number of nitrogens with zero attached hydrogens (tertiary/aromatic N) is 1. The van der Waals surface area contributed by atoms with Crippen LogP contribution in [0.15, 0.2) is 72.8 Å². The number of hydrogen-bond donors (Lipinski definition) is 1. The Hall–Kier alpha value is -3.31. The summed E-state index contributed by atoms with van der Waals surface area (Å²) in [5.41, 5.74) is 4.80. The quantitative estimate of drug-likeness (QED) is 0.415. The summed E-state index contributed by atoms with van der Waals surface area (Å²) >= 11 is 0. The molecule has 3 aromatic carbocycles. The number of aliphatic hydroxyl groups is 1. The van der Waals surface area contributed by atoms with Crippen LogP contribution < -0.4 is 4.74 Å². The van der Waals surface area contributed by atoms with Gasteiger partial charge < -0.3 is 19.5 Å². The lowest BCUT2D eigenvalue weighted by Gasteiger charge is -2.51. The highest BCUT2D eigenvalue weighted by Gasteiger charge is 2.49. The standard InChI is InChI=1S/C32H35NO4/c1-2-17-36-25-12-7-9-22(18-25)32(35)19-23-10-8-11-24(20-32)33(23)31(34)37-21-30-28-15-5-3-13-26(28)27-14-4-6-16-29(27)30/h3-7,9,12-16,18,23-24,30,35H,2,8,10-11,17,19-21H2,1H3. The van der Waals surface area contributed by atoms with Crippen LogP contribution >= 0.6 is 0 Å². The number of piperidine rings is 2. The number of benzene rings is 3. The Labute approximate surface area is 219 Å². The number of fused-ring (bicyclic) bond motifs is 5. The van der Waals surface area contributed by atoms with Crippen molar-refractivity contribution in [2.24, 2.45) is 0 Å². The van der Waals surface area contributed by atoms with Crippen molar-refractivity contribution in [1.29, 1.82) is 0 Å². The summed E-state index contributed by atoms with van der Waals surface area (Å²) in [7, 11) is 0. The monoisotopic (exact) mass is 497 g/mol. The average molecular weight is 498 g/mol. The molecule has 3 aliphatic rings. The van der Waals surface area contributed by atoms with Gasteiger partial charge in [-0.2, -0.15) is 0 Å². The summed E-state index contributed by atoms with van der Waals surface area (Å²) in [4.78, 5) is 15.4. The summed E-state index contributed by atoms with van der Waals surface area (Å²) in [5, 5.41) is 11.8. The molecule has 2 bridgehead atoms. The fourth-order valence-electron chi connectivity index (χ4n) is 6.73. The van der Waals surface area contributed by atoms with Crippen molar-refractivity contribution in [3.8, 4) is 16.9 Å². The van der Waals surface area contributed by atoms with Crippen LogP contribution in [0.2, 0.25) is 0 Å². The maximum Gasteiger partial charge on any atom is 0.410 e. The molecule has 2 heterocycles. The molecule has 0 radical (unpaired) electrons. The zero-order valence-electron chi connectivity index (χ0n) is 21.4. The van der Waals surface area contributed by atoms with E-state index < -0.39 is 5.60 Å². The first kappa shape index (κ1) is 24.1. The van der Waals surface area contributed by atoms with Gasteiger partial charge in [0.1, 0.15) is 12.4 Å². The molecule has 5 heteroatoms. The van der Waals surface area contributed by atoms with Gasteiger partial charge in [-0.3, -0.25) is 0 Å². The van der Waals surface area contributed by atoms with Gasteiger partial charge in [0, 0.05) is 30.8 Å². The van der Waals surface area contributed by atoms with E-state index in [2.05, 4.69) is 55.5 Å². The van der Waals surface area contributed by atoms with Gasteiger partial charge in [0.15, 0.2) is 0 Å². The molecule has 192 valence electrons. The van der Waals surface area contributed by atoms with E-state index in [4.69, 9.17) is 9.47 Å². The van der Waals surface area contributed by atoms with Crippen molar-refractivity contribution in [1.82, 2.24) is 4.90 Å². The highest BCUT2D eigenvalue weighted by atomic mass is 16.6. The zero-order chi connectivity index (χ0) is 25.4. The summed E-state index contributed by atoms with van der Waals surface area (Å²) in [6, 6.07) is 24.6. The number of rotatable bonds is 6. The van der Waals surface area contributed by atoms with E-state index in [0.717, 1.165) is 37.0 Å². The van der Waals surface area contributed by atoms with Gasteiger partial charge in [0.25, 0.3) is 0 Å². The Kier molecular flexibility index (Phi) is 6.41. The van der Waals surface area contributed by atoms with Gasteiger partial charge in [-0.25, -0.2) is 4.79 Å². The zero-order valence-corrected chi connectivity index (χ0v) is 21.4. The molecule has 1 amide bonds. The second-order valence-corrected chi connectivity index (χ2v) is 10.8. The number of amides is 1. The van der Waals surface area contributed by atoms with Crippen LogP contribution in [0.1, 0.15) is 68.1 Å². The number of carbonyl (C=O) groups is 1. The highest BCUT2D eigenvalue weighted by Crippen LogP contribution is 2.47. The highest BCUT2D eigenvalue weighted by molar-refractivity contribution is 5.79. The first-order valence-electron chi connectivity index (χ1n) is 13.7. The van der Waals surface area contributed by atoms with E-state index in [1.165, 1.54) is 22.3 Å². The van der Waals surface area contributed by atoms with Crippen LogP contribution in [-0.2, 0) is 10.3 Å². The molecule has 0 spiro atoms. The smallest absolute Gasteiger partial charge is 0.410 e. The predicted octanol–water partition coefficient (Wildman–Crippen LogP) is 6.63. The van der Waals surface area contributed by atoms with Crippen molar-refractivity contribution >= 4 is 6.09 Å². The molecule has 0 aromatic heterocycles. The van der Waals surface area contributed by atoms with Crippen molar-refractivity contribution < 1.29 is 19.4 Å². The largest absolute Gasteiger partial charge is 0.494 e. The molecule has 2 atom stereocenters. The lowest BCUT2D eigenvalue weighted by atomic mass is 9.72. The first-order valence-corrected chi connectivity index (χ1v) is 13.7. The normalized spacial score (nSPS) is 24.3. The molecule has 2 aliphatic heterocycles. The minimum absolute atomic E-state index is 0.0339. The van der Waals surface area contributed by atoms with E-state index in [1.54, 1.807) is 0 Å². The van der Waals surface area contributed by atoms with Crippen LogP contribution in [-0.4, -0.2) is 41.4 Å². The SMILES string of the molecule is CCCOc1cccc(C2(O)CC3CCCC(C2)N3C(=O)OCC2c3ccccc3-c3ccccc32)c1. The van der Waals surface area contributed by atoms with Crippen LogP contribution in [0.25, 0.3) is 11.1 Å². The Morgan fingerprint density at radius 3 is 2.24 bits per heavy atom. The van der Waals surface area contributed by atoms with Gasteiger partial charge in [0.2, 0.25) is 0 Å². The van der Waals surface area contributed by atoms with Crippen molar-refractivity contribution in [2.45, 2.75) is 69.1 Å². The molecule has 1 N–H and O–H groups in total. The maximum atomic E-state index is 13.5. The fourth-order valence-corrected chi connectivity index (χ4v) is 6.73. The average Bonchev–Trinajstić information content (AvgIpc) is 3.24. The minimum Gasteiger partial charge on any atom is -0.494 e. The molecule has 5 nitrogen and oxygen atoms in total. The number of carbonyl (C=O) groups excluding carboxylic acids is 1. The Bertz CT molecular complexity index is 1230. The molecule has 1 aliphatic carbocycles. The van der Waals surface area contributed by atoms with Crippen molar-refractivity contribution in [3.05, 3.63) is 89.5 Å². The molecular formula is C32H35NO4. The topological polar surface area (TPSA) is 59.0 Å². The third-order valence-corrected chi connectivity index (χ3v) is 8.40. The van der Waals surface area contributed by atoms with Crippen molar-refractivity contribution in [3.63, 3.8) is 0 Å². The minimum atomic E-state index is -0.971.